The van der Waals surface area contributed by atoms with Crippen LogP contribution in [0.4, 0.5) is 17.1 Å². The molecule has 1 aliphatic heterocycles. The fraction of sp³-hybridized carbons (Fsp3) is 0.300. The monoisotopic (exact) mass is 906 g/mol. The molecule has 3 aromatic carbocycles. The summed E-state index contributed by atoms with van der Waals surface area (Å²) >= 11 is 0. The molecule has 0 spiro atoms. The molecule has 64 heavy (non-hydrogen) atoms. The smallest absolute Gasteiger partial charge is 0.315 e. The molecule has 0 aliphatic carbocycles. The number of cyclic esters (lactones) is 2. The number of amides is 6. The van der Waals surface area contributed by atoms with Crippen molar-refractivity contribution in [2.24, 2.45) is 5.73 Å². The maximum atomic E-state index is 11.2. The number of benzene rings is 3. The van der Waals surface area contributed by atoms with Crippen molar-refractivity contribution < 1.29 is 77.7 Å². The number of carbonyl (C=O) groups excluding carboxylic acids is 10. The molecule has 24 nitrogen and oxygen atoms in total. The predicted molar refractivity (Wildman–Crippen MR) is 230 cm³/mol. The second kappa shape index (κ2) is 43.3. The number of rotatable bonds is 10. The number of nitrogen functional groups attached to an aromatic ring is 1. The van der Waals surface area contributed by atoms with Gasteiger partial charge in [0, 0.05) is 38.3 Å². The first-order chi connectivity index (χ1) is 30.5. The first-order valence-corrected chi connectivity index (χ1v) is 18.2. The number of anilines is 3. The Bertz CT molecular complexity index is 1660. The molecule has 1 aliphatic rings. The van der Waals surface area contributed by atoms with Crippen molar-refractivity contribution in [3.8, 4) is 0 Å². The summed E-state index contributed by atoms with van der Waals surface area (Å²) in [5.41, 5.74) is 14.7. The molecular formula is C40H58N8O16. The highest BCUT2D eigenvalue weighted by Crippen LogP contribution is 2.06. The number of nitrogens with one attached hydrogen (secondary N) is 6. The molecule has 1 fully saturated rings. The van der Waals surface area contributed by atoms with Gasteiger partial charge in [-0.25, -0.2) is 11.0 Å². The van der Waals surface area contributed by atoms with E-state index in [1.165, 1.54) is 46.3 Å². The van der Waals surface area contributed by atoms with Crippen molar-refractivity contribution in [3.05, 3.63) is 91.0 Å². The number of carbonyl (C=O) groups is 10. The van der Waals surface area contributed by atoms with Crippen LogP contribution in [-0.2, 0) is 62.2 Å². The van der Waals surface area contributed by atoms with Gasteiger partial charge in [-0.05, 0) is 43.4 Å². The lowest BCUT2D eigenvalue weighted by Crippen LogP contribution is -2.27. The Morgan fingerprint density at radius 2 is 0.828 bits per heavy atom. The van der Waals surface area contributed by atoms with Crippen LogP contribution >= 0.6 is 0 Å². The van der Waals surface area contributed by atoms with Gasteiger partial charge in [-0.3, -0.25) is 58.4 Å². The van der Waals surface area contributed by atoms with Gasteiger partial charge in [0.05, 0.1) is 27.1 Å². The molecule has 3 aromatic rings. The molecule has 0 unspecified atom stereocenters. The molecular weight excluding hydrogens is 848 g/mol. The van der Waals surface area contributed by atoms with Crippen LogP contribution < -0.4 is 43.7 Å². The number of hydrogen-bond donors (Lipinski definition) is 11. The molecule has 1 saturated heterocycles. The Labute approximate surface area is 369 Å². The SMILES string of the molecule is CN.CNC(=O)CC(=O)NO.CNC(=O)CC(=O)OC.CO.COC(=O)CC(=O)Nc1ccccc1.Nc1ccccc1.O=C(CC(=O)Nc1ccccc1)NO.O=C1CCC(=O)O1. The third-order valence-electron chi connectivity index (χ3n) is 6.19. The number of nitrogens with two attached hydrogens (primary N) is 2. The lowest BCUT2D eigenvalue weighted by atomic mass is 10.3. The molecule has 4 rings (SSSR count). The largest absolute Gasteiger partial charge is 0.469 e. The number of methoxy groups -OCH3 is 2. The zero-order valence-corrected chi connectivity index (χ0v) is 36.2. The van der Waals surface area contributed by atoms with E-state index in [0.29, 0.717) is 11.4 Å². The standard InChI is InChI=1S/C10H11NO3.C9H10N2O3.C6H7N.C5H9NO3.C4H8N2O3.C4H4O3.CH5N.CH4O/c1-14-10(13)7-9(12)11-8-5-3-2-4-6-8;12-8(6-9(13)11-14)10-7-4-2-1-3-5-7;7-6-4-2-1-3-5-6;1-6-4(7)3-5(8)9-2;1-5-3(7)2-4(8)6-9;5-3-1-2-4(6)7-3;2*1-2/h2-6H,7H2,1H3,(H,11,12);1-5,14H,6H2,(H,10,12)(H,11,13);1-5H,7H2;3H2,1-2H3,(H,6,7);9H,2H2,1H3,(H,5,7)(H,6,8);1-2H2;2H2,1H3;2H,1H3. The Morgan fingerprint density at radius 3 is 1.09 bits per heavy atom. The quantitative estimate of drug-likeness (QED) is 0.0317. The van der Waals surface area contributed by atoms with Crippen molar-refractivity contribution in [1.29, 1.82) is 0 Å². The van der Waals surface area contributed by atoms with Gasteiger partial charge in [0.15, 0.2) is 0 Å². The zero-order valence-electron chi connectivity index (χ0n) is 36.2. The molecule has 24 heteroatoms. The van der Waals surface area contributed by atoms with Gasteiger partial charge < -0.3 is 52.1 Å². The van der Waals surface area contributed by atoms with Crippen molar-refractivity contribution in [1.82, 2.24) is 21.6 Å². The number of para-hydroxylation sites is 3. The highest BCUT2D eigenvalue weighted by Gasteiger charge is 2.19. The van der Waals surface area contributed by atoms with E-state index in [1.54, 1.807) is 48.5 Å². The Kier molecular flexibility index (Phi) is 42.5. The van der Waals surface area contributed by atoms with E-state index in [9.17, 15) is 47.9 Å². The van der Waals surface area contributed by atoms with Crippen molar-refractivity contribution in [2.75, 3.05) is 58.8 Å². The number of hydrogen-bond acceptors (Lipinski definition) is 18. The minimum Gasteiger partial charge on any atom is -0.469 e. The van der Waals surface area contributed by atoms with E-state index in [1.807, 2.05) is 42.5 Å². The highest BCUT2D eigenvalue weighted by molar-refractivity contribution is 6.03. The minimum absolute atomic E-state index is 0.201. The van der Waals surface area contributed by atoms with Crippen LogP contribution in [0.3, 0.4) is 0 Å². The second-order valence-electron chi connectivity index (χ2n) is 10.9. The molecule has 0 radical (unpaired) electrons. The Morgan fingerprint density at radius 1 is 0.531 bits per heavy atom. The van der Waals surface area contributed by atoms with Crippen LogP contribution in [0.5, 0.6) is 0 Å². The van der Waals surface area contributed by atoms with Gasteiger partial charge in [0.2, 0.25) is 23.6 Å². The number of hydroxylamine groups is 2. The van der Waals surface area contributed by atoms with Gasteiger partial charge in [-0.2, -0.15) is 0 Å². The van der Waals surface area contributed by atoms with Crippen LogP contribution in [0.15, 0.2) is 91.0 Å². The zero-order chi connectivity index (χ0) is 49.7. The summed E-state index contributed by atoms with van der Waals surface area (Å²) < 4.78 is 12.7. The van der Waals surface area contributed by atoms with E-state index in [-0.39, 0.29) is 43.9 Å². The average Bonchev–Trinajstić information content (AvgIpc) is 3.70. The minimum atomic E-state index is -0.738. The summed E-state index contributed by atoms with van der Waals surface area (Å²) in [7, 11) is 7.86. The first-order valence-electron chi connectivity index (χ1n) is 18.2. The molecule has 1 heterocycles. The van der Waals surface area contributed by atoms with Gasteiger partial charge in [0.25, 0.3) is 11.8 Å². The molecule has 13 N–H and O–H groups in total. The van der Waals surface area contributed by atoms with Crippen LogP contribution in [0, 0.1) is 0 Å². The van der Waals surface area contributed by atoms with Crippen LogP contribution in [0.25, 0.3) is 0 Å². The van der Waals surface area contributed by atoms with Crippen LogP contribution in [-0.4, -0.2) is 117 Å². The van der Waals surface area contributed by atoms with Crippen molar-refractivity contribution in [3.63, 3.8) is 0 Å². The summed E-state index contributed by atoms with van der Waals surface area (Å²) in [6.07, 6.45) is -0.672. The highest BCUT2D eigenvalue weighted by atomic mass is 16.6. The Balaban J connectivity index is -0.000000339. The summed E-state index contributed by atoms with van der Waals surface area (Å²) in [6.45, 7) is 0. The number of ether oxygens (including phenoxy) is 3. The maximum Gasteiger partial charge on any atom is 0.315 e. The fourth-order valence-corrected chi connectivity index (χ4v) is 3.29. The number of aliphatic hydroxyl groups is 1. The van der Waals surface area contributed by atoms with Gasteiger partial charge in [-0.15, -0.1) is 0 Å². The normalized spacial score (nSPS) is 9.66. The summed E-state index contributed by atoms with van der Waals surface area (Å²) in [5, 5.41) is 32.6. The number of esters is 4. The lowest BCUT2D eigenvalue weighted by molar-refractivity contribution is -0.152. The van der Waals surface area contributed by atoms with Crippen molar-refractivity contribution in [2.45, 2.75) is 38.5 Å². The molecule has 6 amide bonds. The number of aliphatic hydroxyl groups excluding tert-OH is 1. The van der Waals surface area contributed by atoms with Crippen LogP contribution in [0.1, 0.15) is 38.5 Å². The Hall–Kier alpha value is -7.80. The topological polar surface area (TPSA) is 383 Å². The average molecular weight is 907 g/mol. The summed E-state index contributed by atoms with van der Waals surface area (Å²) in [5.74, 6) is -4.91. The summed E-state index contributed by atoms with van der Waals surface area (Å²) in [6, 6.07) is 27.2. The van der Waals surface area contributed by atoms with E-state index in [2.05, 4.69) is 41.2 Å². The van der Waals surface area contributed by atoms with Crippen molar-refractivity contribution >= 4 is 76.4 Å². The predicted octanol–water partition coefficient (Wildman–Crippen LogP) is -0.0656. The van der Waals surface area contributed by atoms with E-state index >= 15 is 0 Å². The molecule has 354 valence electrons. The third kappa shape index (κ3) is 41.0. The van der Waals surface area contributed by atoms with Crippen LogP contribution in [0.2, 0.25) is 0 Å². The third-order valence-corrected chi connectivity index (χ3v) is 6.19. The molecule has 0 bridgehead atoms. The lowest BCUT2D eigenvalue weighted by Gasteiger charge is -2.03. The molecule has 0 atom stereocenters. The summed E-state index contributed by atoms with van der Waals surface area (Å²) in [4.78, 5) is 105. The van der Waals surface area contributed by atoms with E-state index < -0.39 is 53.9 Å². The molecule has 0 saturated carbocycles. The van der Waals surface area contributed by atoms with E-state index in [0.717, 1.165) is 12.8 Å². The second-order valence-corrected chi connectivity index (χ2v) is 10.9. The fourth-order valence-electron chi connectivity index (χ4n) is 3.29. The first kappa shape index (κ1) is 62.8. The van der Waals surface area contributed by atoms with Gasteiger partial charge in [-0.1, -0.05) is 54.6 Å². The molecule has 0 aromatic heterocycles. The van der Waals surface area contributed by atoms with Gasteiger partial charge >= 0.3 is 23.9 Å². The maximum absolute atomic E-state index is 11.2. The van der Waals surface area contributed by atoms with Gasteiger partial charge in [0.1, 0.15) is 25.7 Å². The van der Waals surface area contributed by atoms with E-state index in [4.69, 9.17) is 21.3 Å².